The van der Waals surface area contributed by atoms with Crippen molar-refractivity contribution >= 4 is 5.97 Å². The van der Waals surface area contributed by atoms with E-state index in [9.17, 15) is 4.79 Å². The molecule has 0 aliphatic carbocycles. The van der Waals surface area contributed by atoms with Gasteiger partial charge in [0, 0.05) is 25.7 Å². The SMILES string of the molecule is C=CC(=O)OCCCOCCCC. The molecule has 0 spiro atoms. The van der Waals surface area contributed by atoms with Gasteiger partial charge in [-0.3, -0.25) is 0 Å². The maximum Gasteiger partial charge on any atom is 0.330 e. The third kappa shape index (κ3) is 9.08. The third-order valence-electron chi connectivity index (χ3n) is 1.49. The summed E-state index contributed by atoms with van der Waals surface area (Å²) in [6, 6.07) is 0. The molecule has 76 valence electrons. The molecule has 0 rings (SSSR count). The van der Waals surface area contributed by atoms with Gasteiger partial charge < -0.3 is 9.47 Å². The van der Waals surface area contributed by atoms with E-state index in [1.807, 2.05) is 0 Å². The zero-order chi connectivity index (χ0) is 9.94. The minimum Gasteiger partial charge on any atom is -0.462 e. The standard InChI is InChI=1S/C10H18O3/c1-3-5-7-12-8-6-9-13-10(11)4-2/h4H,2-3,5-9H2,1H3. The fraction of sp³-hybridized carbons (Fsp3) is 0.700. The predicted octanol–water partition coefficient (Wildman–Crippen LogP) is 1.92. The minimum absolute atomic E-state index is 0.367. The molecular weight excluding hydrogens is 168 g/mol. The molecule has 0 amide bonds. The fourth-order valence-corrected chi connectivity index (χ4v) is 0.741. The first-order valence-corrected chi connectivity index (χ1v) is 4.68. The molecule has 0 aromatic heterocycles. The van der Waals surface area contributed by atoms with E-state index < -0.39 is 0 Å². The van der Waals surface area contributed by atoms with Gasteiger partial charge in [0.1, 0.15) is 0 Å². The third-order valence-corrected chi connectivity index (χ3v) is 1.49. The summed E-state index contributed by atoms with van der Waals surface area (Å²) in [4.78, 5) is 10.6. The summed E-state index contributed by atoms with van der Waals surface area (Å²) in [5.41, 5.74) is 0. The molecule has 0 N–H and O–H groups in total. The van der Waals surface area contributed by atoms with Crippen LogP contribution in [0.5, 0.6) is 0 Å². The minimum atomic E-state index is -0.367. The molecule has 0 saturated heterocycles. The van der Waals surface area contributed by atoms with Crippen molar-refractivity contribution in [1.82, 2.24) is 0 Å². The Morgan fingerprint density at radius 2 is 2.00 bits per heavy atom. The molecule has 13 heavy (non-hydrogen) atoms. The first-order chi connectivity index (χ1) is 6.31. The van der Waals surface area contributed by atoms with Crippen LogP contribution in [0.25, 0.3) is 0 Å². The molecule has 0 fully saturated rings. The second-order valence-electron chi connectivity index (χ2n) is 2.69. The van der Waals surface area contributed by atoms with Gasteiger partial charge in [0.25, 0.3) is 0 Å². The number of carbonyl (C=O) groups excluding carboxylic acids is 1. The Balaban J connectivity index is 2.99. The Kier molecular flexibility index (Phi) is 8.67. The molecule has 0 aromatic rings. The first kappa shape index (κ1) is 12.2. The quantitative estimate of drug-likeness (QED) is 0.330. The molecule has 0 aromatic carbocycles. The molecule has 0 aliphatic heterocycles. The monoisotopic (exact) mass is 186 g/mol. The van der Waals surface area contributed by atoms with E-state index >= 15 is 0 Å². The number of carbonyl (C=O) groups is 1. The smallest absolute Gasteiger partial charge is 0.330 e. The number of unbranched alkanes of at least 4 members (excludes halogenated alkanes) is 1. The van der Waals surface area contributed by atoms with Crippen LogP contribution in [0.15, 0.2) is 12.7 Å². The van der Waals surface area contributed by atoms with E-state index in [1.54, 1.807) is 0 Å². The van der Waals surface area contributed by atoms with Gasteiger partial charge in [0.05, 0.1) is 6.61 Å². The molecule has 3 nitrogen and oxygen atoms in total. The van der Waals surface area contributed by atoms with E-state index in [2.05, 4.69) is 13.5 Å². The lowest BCUT2D eigenvalue weighted by Crippen LogP contribution is -2.05. The lowest BCUT2D eigenvalue weighted by molar-refractivity contribution is -0.138. The van der Waals surface area contributed by atoms with Crippen LogP contribution in [0.2, 0.25) is 0 Å². The van der Waals surface area contributed by atoms with Crippen LogP contribution in [0.4, 0.5) is 0 Å². The highest BCUT2D eigenvalue weighted by atomic mass is 16.5. The highest BCUT2D eigenvalue weighted by molar-refractivity contribution is 5.81. The van der Waals surface area contributed by atoms with Crippen molar-refractivity contribution in [2.75, 3.05) is 19.8 Å². The van der Waals surface area contributed by atoms with Gasteiger partial charge in [-0.25, -0.2) is 4.79 Å². The Bertz CT molecular complexity index is 143. The van der Waals surface area contributed by atoms with Crippen molar-refractivity contribution in [1.29, 1.82) is 0 Å². The second-order valence-corrected chi connectivity index (χ2v) is 2.69. The summed E-state index contributed by atoms with van der Waals surface area (Å²) < 4.78 is 10.0. The van der Waals surface area contributed by atoms with E-state index in [4.69, 9.17) is 9.47 Å². The Morgan fingerprint density at radius 3 is 2.62 bits per heavy atom. The first-order valence-electron chi connectivity index (χ1n) is 4.68. The lowest BCUT2D eigenvalue weighted by atomic mass is 10.4. The van der Waals surface area contributed by atoms with Gasteiger partial charge in [-0.15, -0.1) is 0 Å². The molecule has 0 radical (unpaired) electrons. The van der Waals surface area contributed by atoms with Gasteiger partial charge in [-0.2, -0.15) is 0 Å². The van der Waals surface area contributed by atoms with Crippen LogP contribution >= 0.6 is 0 Å². The van der Waals surface area contributed by atoms with Crippen molar-refractivity contribution < 1.29 is 14.3 Å². The highest BCUT2D eigenvalue weighted by Gasteiger charge is 1.94. The molecule has 3 heteroatoms. The van der Waals surface area contributed by atoms with Crippen LogP contribution in [0, 0.1) is 0 Å². The largest absolute Gasteiger partial charge is 0.462 e. The molecule has 0 heterocycles. The summed E-state index contributed by atoms with van der Waals surface area (Å²) in [6.07, 6.45) is 4.15. The van der Waals surface area contributed by atoms with Crippen LogP contribution in [-0.4, -0.2) is 25.8 Å². The van der Waals surface area contributed by atoms with Gasteiger partial charge >= 0.3 is 5.97 Å². The molecule has 0 bridgehead atoms. The molecule has 0 aliphatic rings. The van der Waals surface area contributed by atoms with Gasteiger partial charge in [-0.1, -0.05) is 19.9 Å². The van der Waals surface area contributed by atoms with Crippen LogP contribution in [0.1, 0.15) is 26.2 Å². The summed E-state index contributed by atoms with van der Waals surface area (Å²) in [7, 11) is 0. The van der Waals surface area contributed by atoms with Crippen molar-refractivity contribution in [2.24, 2.45) is 0 Å². The van der Waals surface area contributed by atoms with Crippen LogP contribution in [-0.2, 0) is 14.3 Å². The number of ether oxygens (including phenoxy) is 2. The molecule has 0 saturated carbocycles. The average Bonchev–Trinajstić information content (AvgIpc) is 2.16. The topological polar surface area (TPSA) is 35.5 Å². The summed E-state index contributed by atoms with van der Waals surface area (Å²) >= 11 is 0. The number of hydrogen-bond acceptors (Lipinski definition) is 3. The average molecular weight is 186 g/mol. The van der Waals surface area contributed by atoms with Crippen molar-refractivity contribution in [3.63, 3.8) is 0 Å². The number of esters is 1. The van der Waals surface area contributed by atoms with Gasteiger partial charge in [0.15, 0.2) is 0 Å². The Hall–Kier alpha value is -0.830. The Labute approximate surface area is 79.7 Å². The van der Waals surface area contributed by atoms with Crippen LogP contribution in [0.3, 0.4) is 0 Å². The van der Waals surface area contributed by atoms with Crippen molar-refractivity contribution in [3.05, 3.63) is 12.7 Å². The summed E-state index contributed by atoms with van der Waals surface area (Å²) in [6.45, 7) is 7.28. The fourth-order valence-electron chi connectivity index (χ4n) is 0.741. The number of rotatable bonds is 8. The molecule has 0 unspecified atom stereocenters. The van der Waals surface area contributed by atoms with Gasteiger partial charge in [-0.05, 0) is 6.42 Å². The summed E-state index contributed by atoms with van der Waals surface area (Å²) in [5, 5.41) is 0. The van der Waals surface area contributed by atoms with Crippen molar-refractivity contribution in [3.8, 4) is 0 Å². The van der Waals surface area contributed by atoms with Crippen LogP contribution < -0.4 is 0 Å². The highest BCUT2D eigenvalue weighted by Crippen LogP contribution is 1.90. The maximum absolute atomic E-state index is 10.6. The summed E-state index contributed by atoms with van der Waals surface area (Å²) in [5.74, 6) is -0.367. The normalized spacial score (nSPS) is 9.62. The zero-order valence-corrected chi connectivity index (χ0v) is 8.25. The van der Waals surface area contributed by atoms with Crippen molar-refractivity contribution in [2.45, 2.75) is 26.2 Å². The Morgan fingerprint density at radius 1 is 1.31 bits per heavy atom. The predicted molar refractivity (Wildman–Crippen MR) is 51.5 cm³/mol. The number of hydrogen-bond donors (Lipinski definition) is 0. The molecule has 0 atom stereocenters. The van der Waals surface area contributed by atoms with E-state index in [1.165, 1.54) is 0 Å². The zero-order valence-electron chi connectivity index (χ0n) is 8.25. The van der Waals surface area contributed by atoms with E-state index in [0.29, 0.717) is 13.2 Å². The van der Waals surface area contributed by atoms with Gasteiger partial charge in [0.2, 0.25) is 0 Å². The molecular formula is C10H18O3. The maximum atomic E-state index is 10.6. The van der Waals surface area contributed by atoms with E-state index in [-0.39, 0.29) is 5.97 Å². The van der Waals surface area contributed by atoms with E-state index in [0.717, 1.165) is 31.9 Å². The second kappa shape index (κ2) is 9.26. The lowest BCUT2D eigenvalue weighted by Gasteiger charge is -2.03.